The molecule has 10 heteroatoms. The Kier molecular flexibility index (Phi) is 6.01. The highest BCUT2D eigenvalue weighted by atomic mass is 19.4. The van der Waals surface area contributed by atoms with Crippen LogP contribution >= 0.6 is 0 Å². The van der Waals surface area contributed by atoms with E-state index in [1.54, 1.807) is 6.07 Å². The molecule has 2 aromatic carbocycles. The first kappa shape index (κ1) is 22.3. The molecule has 166 valence electrons. The maximum absolute atomic E-state index is 12.9. The standard InChI is InChI=1S/C21H21F3N2O5/c1-29-16-8-10-4-7-14(26-20(28)21(22,23)24)12-9-15(27)13(25)6-5-11(12)17(10)19(31-3)18(16)30-2/h5-6,8-9,14H,4,7H2,1-3H3,(H2,25,27)(H,26,28)/t14-/m0/s1. The van der Waals surface area contributed by atoms with Crippen LogP contribution in [0.1, 0.15) is 23.6 Å². The van der Waals surface area contributed by atoms with E-state index < -0.39 is 23.6 Å². The molecule has 1 atom stereocenters. The van der Waals surface area contributed by atoms with Gasteiger partial charge in [-0.15, -0.1) is 0 Å². The molecule has 0 bridgehead atoms. The lowest BCUT2D eigenvalue weighted by atomic mass is 9.95. The number of halogens is 3. The normalized spacial score (nSPS) is 15.2. The second kappa shape index (κ2) is 8.37. The topological polar surface area (TPSA) is 99.9 Å². The van der Waals surface area contributed by atoms with Gasteiger partial charge in [-0.1, -0.05) is 6.07 Å². The third-order valence-corrected chi connectivity index (χ3v) is 5.13. The van der Waals surface area contributed by atoms with Crippen LogP contribution in [0, 0.1) is 0 Å². The number of rotatable bonds is 4. The minimum absolute atomic E-state index is 0.0880. The van der Waals surface area contributed by atoms with Gasteiger partial charge in [-0.05, 0) is 47.7 Å². The van der Waals surface area contributed by atoms with E-state index in [0.717, 1.165) is 6.07 Å². The van der Waals surface area contributed by atoms with Crippen molar-refractivity contribution >= 4 is 11.6 Å². The number of benzene rings is 1. The highest BCUT2D eigenvalue weighted by Crippen LogP contribution is 2.50. The molecule has 0 heterocycles. The van der Waals surface area contributed by atoms with Gasteiger partial charge in [0.25, 0.3) is 0 Å². The maximum atomic E-state index is 12.9. The van der Waals surface area contributed by atoms with Gasteiger partial charge in [-0.25, -0.2) is 0 Å². The molecule has 0 saturated carbocycles. The number of anilines is 1. The van der Waals surface area contributed by atoms with Gasteiger partial charge < -0.3 is 25.3 Å². The number of aryl methyl sites for hydroxylation is 1. The number of ether oxygens (including phenoxy) is 3. The predicted octanol–water partition coefficient (Wildman–Crippen LogP) is 2.99. The molecule has 0 aromatic heterocycles. The molecule has 3 N–H and O–H groups in total. The molecular formula is C21H21F3N2O5. The number of alkyl halides is 3. The van der Waals surface area contributed by atoms with Crippen molar-refractivity contribution in [2.24, 2.45) is 0 Å². The summed E-state index contributed by atoms with van der Waals surface area (Å²) in [6.45, 7) is 0. The fourth-order valence-electron chi connectivity index (χ4n) is 3.71. The molecule has 0 radical (unpaired) electrons. The zero-order chi connectivity index (χ0) is 22.9. The van der Waals surface area contributed by atoms with E-state index in [4.69, 9.17) is 19.9 Å². The number of carbonyl (C=O) groups excluding carboxylic acids is 1. The molecule has 0 saturated heterocycles. The molecule has 0 fully saturated rings. The Labute approximate surface area is 175 Å². The largest absolute Gasteiger partial charge is 0.493 e. The number of methoxy groups -OCH3 is 3. The van der Waals surface area contributed by atoms with Crippen LogP contribution in [-0.2, 0) is 11.2 Å². The average molecular weight is 438 g/mol. The molecule has 1 amide bonds. The summed E-state index contributed by atoms with van der Waals surface area (Å²) in [5.74, 6) is -1.14. The lowest BCUT2D eigenvalue weighted by Gasteiger charge is -2.20. The van der Waals surface area contributed by atoms with Crippen molar-refractivity contribution in [3.8, 4) is 28.4 Å². The molecule has 7 nitrogen and oxygen atoms in total. The first-order chi connectivity index (χ1) is 14.6. The van der Waals surface area contributed by atoms with Crippen molar-refractivity contribution in [2.75, 3.05) is 27.1 Å². The van der Waals surface area contributed by atoms with Crippen LogP contribution in [0.15, 0.2) is 29.1 Å². The number of nitrogens with one attached hydrogen (secondary N) is 1. The highest BCUT2D eigenvalue weighted by molar-refractivity contribution is 5.85. The van der Waals surface area contributed by atoms with Gasteiger partial charge in [-0.2, -0.15) is 13.2 Å². The minimum Gasteiger partial charge on any atom is -0.493 e. The van der Waals surface area contributed by atoms with Crippen molar-refractivity contribution in [1.29, 1.82) is 0 Å². The zero-order valence-corrected chi connectivity index (χ0v) is 17.1. The third kappa shape index (κ3) is 4.10. The van der Waals surface area contributed by atoms with Gasteiger partial charge in [0.2, 0.25) is 11.2 Å². The van der Waals surface area contributed by atoms with Gasteiger partial charge in [0.1, 0.15) is 0 Å². The van der Waals surface area contributed by atoms with Crippen LogP contribution in [-0.4, -0.2) is 33.4 Å². The summed E-state index contributed by atoms with van der Waals surface area (Å²) in [6.07, 6.45) is -4.69. The monoisotopic (exact) mass is 438 g/mol. The minimum atomic E-state index is -5.07. The maximum Gasteiger partial charge on any atom is 0.471 e. The van der Waals surface area contributed by atoms with Crippen molar-refractivity contribution in [3.05, 3.63) is 45.6 Å². The molecule has 1 aliphatic carbocycles. The van der Waals surface area contributed by atoms with Gasteiger partial charge in [0.15, 0.2) is 11.5 Å². The molecule has 1 aliphatic rings. The van der Waals surface area contributed by atoms with E-state index in [-0.39, 0.29) is 35.6 Å². The summed E-state index contributed by atoms with van der Waals surface area (Å²) in [5.41, 5.74) is 6.90. The zero-order valence-electron chi connectivity index (χ0n) is 17.1. The first-order valence-electron chi connectivity index (χ1n) is 9.26. The van der Waals surface area contributed by atoms with Crippen molar-refractivity contribution in [2.45, 2.75) is 25.1 Å². The Hall–Kier alpha value is -3.43. The SMILES string of the molecule is COc1cc2c(c(OC)c1OC)-c1ccc(N)c(=O)cc1[C@@H](NC(=O)C(F)(F)F)CC2. The smallest absolute Gasteiger partial charge is 0.471 e. The Morgan fingerprint density at radius 1 is 1.10 bits per heavy atom. The fraction of sp³-hybridized carbons (Fsp3) is 0.333. The van der Waals surface area contributed by atoms with E-state index in [1.807, 2.05) is 5.32 Å². The lowest BCUT2D eigenvalue weighted by molar-refractivity contribution is -0.174. The molecule has 2 aromatic rings. The summed E-state index contributed by atoms with van der Waals surface area (Å²) in [7, 11) is 4.29. The Morgan fingerprint density at radius 3 is 2.35 bits per heavy atom. The second-order valence-corrected chi connectivity index (χ2v) is 6.91. The number of nitrogens with two attached hydrogens (primary N) is 1. The number of hydrogen-bond donors (Lipinski definition) is 2. The first-order valence-corrected chi connectivity index (χ1v) is 9.26. The van der Waals surface area contributed by atoms with Crippen LogP contribution in [0.25, 0.3) is 11.1 Å². The number of amides is 1. The molecule has 0 spiro atoms. The molecule has 31 heavy (non-hydrogen) atoms. The fourth-order valence-corrected chi connectivity index (χ4v) is 3.71. The van der Waals surface area contributed by atoms with E-state index in [2.05, 4.69) is 0 Å². The highest BCUT2D eigenvalue weighted by Gasteiger charge is 2.41. The number of fused-ring (bicyclic) bond motifs is 3. The predicted molar refractivity (Wildman–Crippen MR) is 107 cm³/mol. The summed E-state index contributed by atoms with van der Waals surface area (Å²) in [6, 6.07) is 4.66. The number of carbonyl (C=O) groups is 1. The van der Waals surface area contributed by atoms with Gasteiger partial charge >= 0.3 is 12.1 Å². The summed E-state index contributed by atoms with van der Waals surface area (Å²) >= 11 is 0. The molecular weight excluding hydrogens is 417 g/mol. The van der Waals surface area contributed by atoms with Crippen LogP contribution in [0.2, 0.25) is 0 Å². The Bertz CT molecular complexity index is 1090. The average Bonchev–Trinajstić information content (AvgIpc) is 2.95. The van der Waals surface area contributed by atoms with E-state index in [1.165, 1.54) is 33.5 Å². The van der Waals surface area contributed by atoms with Crippen LogP contribution < -0.4 is 30.7 Å². The molecule has 0 unspecified atom stereocenters. The van der Waals surface area contributed by atoms with Crippen molar-refractivity contribution < 1.29 is 32.2 Å². The van der Waals surface area contributed by atoms with Gasteiger partial charge in [-0.3, -0.25) is 9.59 Å². The lowest BCUT2D eigenvalue weighted by Crippen LogP contribution is -2.39. The Morgan fingerprint density at radius 2 is 1.77 bits per heavy atom. The van der Waals surface area contributed by atoms with Gasteiger partial charge in [0.05, 0.1) is 33.1 Å². The number of nitrogen functional groups attached to an aromatic ring is 1. The molecule has 0 aliphatic heterocycles. The molecule has 3 rings (SSSR count). The van der Waals surface area contributed by atoms with Crippen molar-refractivity contribution in [3.63, 3.8) is 0 Å². The van der Waals surface area contributed by atoms with Gasteiger partial charge in [0, 0.05) is 5.56 Å². The third-order valence-electron chi connectivity index (χ3n) is 5.13. The number of hydrogen-bond acceptors (Lipinski definition) is 6. The van der Waals surface area contributed by atoms with Crippen molar-refractivity contribution in [1.82, 2.24) is 5.32 Å². The van der Waals surface area contributed by atoms with E-state index in [9.17, 15) is 22.8 Å². The summed E-state index contributed by atoms with van der Waals surface area (Å²) in [5, 5.41) is 2.00. The van der Waals surface area contributed by atoms with E-state index in [0.29, 0.717) is 22.4 Å². The van der Waals surface area contributed by atoms with Crippen LogP contribution in [0.3, 0.4) is 0 Å². The van der Waals surface area contributed by atoms with Crippen LogP contribution in [0.5, 0.6) is 17.2 Å². The quantitative estimate of drug-likeness (QED) is 0.762. The summed E-state index contributed by atoms with van der Waals surface area (Å²) in [4.78, 5) is 24.1. The Balaban J connectivity index is 2.34. The second-order valence-electron chi connectivity index (χ2n) is 6.91. The van der Waals surface area contributed by atoms with Crippen LogP contribution in [0.4, 0.5) is 18.9 Å². The summed E-state index contributed by atoms with van der Waals surface area (Å²) < 4.78 is 55.2. The van der Waals surface area contributed by atoms with E-state index >= 15 is 0 Å².